The molecular weight excluding hydrogens is 390 g/mol. The highest BCUT2D eigenvalue weighted by atomic mass is 16.5. The molecule has 4 rings (SSSR count). The van der Waals surface area contributed by atoms with Gasteiger partial charge in [-0.15, -0.1) is 0 Å². The van der Waals surface area contributed by atoms with Gasteiger partial charge in [0.2, 0.25) is 0 Å². The number of carbonyl (C=O) groups excluding carboxylic acids is 2. The van der Waals surface area contributed by atoms with Gasteiger partial charge in [0, 0.05) is 11.7 Å². The molecule has 2 N–H and O–H groups in total. The molecule has 0 aliphatic carbocycles. The Morgan fingerprint density at radius 1 is 0.839 bits per heavy atom. The lowest BCUT2D eigenvalue weighted by Crippen LogP contribution is -2.48. The van der Waals surface area contributed by atoms with Crippen molar-refractivity contribution in [2.75, 3.05) is 0 Å². The summed E-state index contributed by atoms with van der Waals surface area (Å²) < 4.78 is 7.52. The Labute approximate surface area is 180 Å². The van der Waals surface area contributed by atoms with E-state index in [1.54, 1.807) is 6.92 Å². The van der Waals surface area contributed by atoms with Crippen LogP contribution in [0.1, 0.15) is 6.92 Å². The number of para-hydroxylation sites is 1. The molecule has 6 nitrogen and oxygen atoms in total. The van der Waals surface area contributed by atoms with E-state index in [0.717, 1.165) is 22.0 Å². The fraction of sp³-hybridized carbons (Fsp3) is 0.120. The second-order valence-corrected chi connectivity index (χ2v) is 7.19. The van der Waals surface area contributed by atoms with Gasteiger partial charge in [-0.2, -0.15) is 0 Å². The van der Waals surface area contributed by atoms with E-state index in [-0.39, 0.29) is 12.5 Å². The zero-order valence-corrected chi connectivity index (χ0v) is 17.1. The molecule has 0 saturated carbocycles. The van der Waals surface area contributed by atoms with Crippen LogP contribution in [0.15, 0.2) is 91.1 Å². The van der Waals surface area contributed by atoms with Crippen LogP contribution in [-0.4, -0.2) is 22.5 Å². The Morgan fingerprint density at radius 3 is 2.29 bits per heavy atom. The quantitative estimate of drug-likeness (QED) is 0.471. The summed E-state index contributed by atoms with van der Waals surface area (Å²) in [6, 6.07) is 27.3. The van der Waals surface area contributed by atoms with Crippen molar-refractivity contribution in [3.8, 4) is 16.9 Å². The maximum Gasteiger partial charge on any atom is 0.279 e. The number of rotatable bonds is 6. The smallest absolute Gasteiger partial charge is 0.279 e. The first-order valence-electron chi connectivity index (χ1n) is 10.0. The number of benzene rings is 3. The molecule has 1 atom stereocenters. The van der Waals surface area contributed by atoms with Crippen molar-refractivity contribution in [1.29, 1.82) is 0 Å². The van der Waals surface area contributed by atoms with Crippen LogP contribution < -0.4 is 15.6 Å². The molecule has 3 aromatic carbocycles. The Kier molecular flexibility index (Phi) is 5.98. The molecule has 0 saturated heterocycles. The predicted octanol–water partition coefficient (Wildman–Crippen LogP) is 3.92. The molecule has 1 aromatic heterocycles. The van der Waals surface area contributed by atoms with Crippen LogP contribution in [-0.2, 0) is 16.1 Å². The van der Waals surface area contributed by atoms with E-state index in [4.69, 9.17) is 4.74 Å². The number of amides is 2. The molecule has 1 heterocycles. The Bertz CT molecular complexity index is 1180. The number of aromatic nitrogens is 1. The summed E-state index contributed by atoms with van der Waals surface area (Å²) in [5.41, 5.74) is 8.00. The van der Waals surface area contributed by atoms with E-state index in [0.29, 0.717) is 5.75 Å². The monoisotopic (exact) mass is 413 g/mol. The molecule has 0 aliphatic heterocycles. The van der Waals surface area contributed by atoms with Crippen molar-refractivity contribution in [3.63, 3.8) is 0 Å². The van der Waals surface area contributed by atoms with Crippen LogP contribution in [0.2, 0.25) is 0 Å². The molecule has 0 aliphatic rings. The summed E-state index contributed by atoms with van der Waals surface area (Å²) in [5, 5.41) is 1.06. The molecule has 4 aromatic rings. The first kappa shape index (κ1) is 20.2. The highest BCUT2D eigenvalue weighted by Crippen LogP contribution is 2.22. The number of hydrogen-bond donors (Lipinski definition) is 2. The summed E-state index contributed by atoms with van der Waals surface area (Å²) in [7, 11) is 0. The van der Waals surface area contributed by atoms with E-state index in [1.165, 1.54) is 0 Å². The molecular formula is C25H23N3O3. The predicted molar refractivity (Wildman–Crippen MR) is 120 cm³/mol. The number of carbonyl (C=O) groups is 2. The van der Waals surface area contributed by atoms with Crippen LogP contribution in [0.3, 0.4) is 0 Å². The van der Waals surface area contributed by atoms with Crippen molar-refractivity contribution in [2.24, 2.45) is 0 Å². The molecule has 0 radical (unpaired) electrons. The van der Waals surface area contributed by atoms with Gasteiger partial charge in [0.15, 0.2) is 6.10 Å². The van der Waals surface area contributed by atoms with E-state index in [9.17, 15) is 9.59 Å². The van der Waals surface area contributed by atoms with Crippen LogP contribution in [0.5, 0.6) is 5.75 Å². The van der Waals surface area contributed by atoms with Crippen LogP contribution in [0, 0.1) is 0 Å². The molecule has 31 heavy (non-hydrogen) atoms. The maximum atomic E-state index is 12.3. The van der Waals surface area contributed by atoms with Gasteiger partial charge in [-0.1, -0.05) is 60.7 Å². The minimum atomic E-state index is -0.768. The lowest BCUT2D eigenvalue weighted by atomic mass is 10.1. The highest BCUT2D eigenvalue weighted by molar-refractivity contribution is 5.86. The van der Waals surface area contributed by atoms with E-state index in [2.05, 4.69) is 10.9 Å². The topological polar surface area (TPSA) is 72.4 Å². The van der Waals surface area contributed by atoms with E-state index in [1.807, 2.05) is 95.7 Å². The van der Waals surface area contributed by atoms with Gasteiger partial charge >= 0.3 is 0 Å². The fourth-order valence-electron chi connectivity index (χ4n) is 3.32. The summed E-state index contributed by atoms with van der Waals surface area (Å²) in [4.78, 5) is 24.5. The average Bonchev–Trinajstić information content (AvgIpc) is 3.21. The molecule has 0 bridgehead atoms. The zero-order chi connectivity index (χ0) is 21.6. The Morgan fingerprint density at radius 2 is 1.52 bits per heavy atom. The van der Waals surface area contributed by atoms with Crippen LogP contribution in [0.25, 0.3) is 22.0 Å². The number of nitrogens with one attached hydrogen (secondary N) is 2. The summed E-state index contributed by atoms with van der Waals surface area (Å²) in [6.07, 6.45) is 1.08. The number of hydrazine groups is 1. The normalized spacial score (nSPS) is 11.6. The number of nitrogens with zero attached hydrogens (tertiary/aromatic N) is 1. The second-order valence-electron chi connectivity index (χ2n) is 7.19. The second kappa shape index (κ2) is 9.17. The van der Waals surface area contributed by atoms with Gasteiger partial charge in [-0.05, 0) is 47.7 Å². The van der Waals surface area contributed by atoms with Crippen LogP contribution in [0.4, 0.5) is 0 Å². The molecule has 0 fully saturated rings. The van der Waals surface area contributed by atoms with Crippen molar-refractivity contribution in [2.45, 2.75) is 19.6 Å². The minimum absolute atomic E-state index is 0.101. The summed E-state index contributed by atoms with van der Waals surface area (Å²) in [5.74, 6) is -0.181. The largest absolute Gasteiger partial charge is 0.481 e. The minimum Gasteiger partial charge on any atom is -0.481 e. The lowest BCUT2D eigenvalue weighted by Gasteiger charge is -2.15. The molecule has 156 valence electrons. The molecule has 0 spiro atoms. The summed E-state index contributed by atoms with van der Waals surface area (Å²) in [6.45, 7) is 1.73. The van der Waals surface area contributed by atoms with Crippen molar-refractivity contribution in [1.82, 2.24) is 15.4 Å². The fourth-order valence-corrected chi connectivity index (χ4v) is 3.32. The van der Waals surface area contributed by atoms with Gasteiger partial charge in [-0.3, -0.25) is 20.4 Å². The first-order chi connectivity index (χ1) is 15.1. The Balaban J connectivity index is 1.28. The highest BCUT2D eigenvalue weighted by Gasteiger charge is 2.16. The van der Waals surface area contributed by atoms with Crippen molar-refractivity contribution in [3.05, 3.63) is 91.1 Å². The van der Waals surface area contributed by atoms with Gasteiger partial charge in [0.1, 0.15) is 12.3 Å². The van der Waals surface area contributed by atoms with Crippen molar-refractivity contribution < 1.29 is 14.3 Å². The first-order valence-corrected chi connectivity index (χ1v) is 10.0. The zero-order valence-electron chi connectivity index (χ0n) is 17.1. The lowest BCUT2D eigenvalue weighted by molar-refractivity contribution is -0.132. The number of hydrogen-bond acceptors (Lipinski definition) is 3. The SMILES string of the molecule is CC(Oc1ccc(-c2ccccc2)cc1)C(=O)NNC(=O)Cn1ccc2ccccc21. The molecule has 6 heteroatoms. The molecule has 1 unspecified atom stereocenters. The average molecular weight is 413 g/mol. The third-order valence-electron chi connectivity index (χ3n) is 4.96. The third-order valence-corrected chi connectivity index (χ3v) is 4.96. The molecule has 2 amide bonds. The standard InChI is InChI=1S/C25H23N3O3/c1-18(31-22-13-11-20(12-14-22)19-7-3-2-4-8-19)25(30)27-26-24(29)17-28-16-15-21-9-5-6-10-23(21)28/h2-16,18H,17H2,1H3,(H,26,29)(H,27,30). The van der Waals surface area contributed by atoms with E-state index < -0.39 is 12.0 Å². The summed E-state index contributed by atoms with van der Waals surface area (Å²) >= 11 is 0. The number of fused-ring (bicyclic) bond motifs is 1. The van der Waals surface area contributed by atoms with Crippen LogP contribution >= 0.6 is 0 Å². The van der Waals surface area contributed by atoms with Gasteiger partial charge in [0.25, 0.3) is 11.8 Å². The van der Waals surface area contributed by atoms with Crippen molar-refractivity contribution >= 4 is 22.7 Å². The van der Waals surface area contributed by atoms with E-state index >= 15 is 0 Å². The third kappa shape index (κ3) is 4.93. The Hall–Kier alpha value is -4.06. The van der Waals surface area contributed by atoms with Gasteiger partial charge in [-0.25, -0.2) is 0 Å². The van der Waals surface area contributed by atoms with Gasteiger partial charge < -0.3 is 9.30 Å². The maximum absolute atomic E-state index is 12.3. The van der Waals surface area contributed by atoms with Gasteiger partial charge in [0.05, 0.1) is 0 Å². The number of ether oxygens (including phenoxy) is 1.